The van der Waals surface area contributed by atoms with Crippen molar-refractivity contribution in [3.8, 4) is 17.2 Å². The lowest BCUT2D eigenvalue weighted by Crippen LogP contribution is -2.11. The number of aromatic carboxylic acids is 1. The number of halogens is 2. The van der Waals surface area contributed by atoms with Gasteiger partial charge in [-0.05, 0) is 35.2 Å². The molecular weight excluding hydrogens is 398 g/mol. The summed E-state index contributed by atoms with van der Waals surface area (Å²) < 4.78 is 29.5. The van der Waals surface area contributed by atoms with E-state index < -0.39 is 23.6 Å². The van der Waals surface area contributed by atoms with Crippen molar-refractivity contribution in [3.05, 3.63) is 70.2 Å². The Hall–Kier alpha value is -3.77. The fraction of sp³-hybridized carbons (Fsp3) is 0.0500. The number of aromatic nitrogens is 2. The van der Waals surface area contributed by atoms with Gasteiger partial charge >= 0.3 is 5.97 Å². The Bertz CT molecular complexity index is 1280. The number of hydrogen-bond donors (Lipinski definition) is 3. The first kappa shape index (κ1) is 18.6. The van der Waals surface area contributed by atoms with E-state index in [9.17, 15) is 18.8 Å². The molecule has 9 heteroatoms. The van der Waals surface area contributed by atoms with Gasteiger partial charge in [-0.25, -0.2) is 18.6 Å². The molecule has 2 aromatic heterocycles. The molecule has 2 heterocycles. The van der Waals surface area contributed by atoms with Gasteiger partial charge in [0.2, 0.25) is 0 Å². The number of fused-ring (bicyclic) bond motifs is 1. The summed E-state index contributed by atoms with van der Waals surface area (Å²) in [5, 5.41) is 22.8. The smallest absolute Gasteiger partial charge is 0.345 e. The fourth-order valence-electron chi connectivity index (χ4n) is 2.97. The number of hydrogen-bond acceptors (Lipinski definition) is 5. The third kappa shape index (κ3) is 3.41. The summed E-state index contributed by atoms with van der Waals surface area (Å²) in [6.07, 6.45) is 1.53. The third-order valence-corrected chi connectivity index (χ3v) is 5.32. The van der Waals surface area contributed by atoms with Crippen LogP contribution in [-0.2, 0) is 0 Å². The van der Waals surface area contributed by atoms with E-state index in [4.69, 9.17) is 5.11 Å². The van der Waals surface area contributed by atoms with Gasteiger partial charge in [0.05, 0.1) is 23.4 Å². The number of H-pyrrole nitrogens is 1. The molecule has 3 N–H and O–H groups in total. The van der Waals surface area contributed by atoms with Crippen molar-refractivity contribution in [1.29, 1.82) is 5.26 Å². The molecule has 0 bridgehead atoms. The topological polar surface area (TPSA) is 102 Å². The quantitative estimate of drug-likeness (QED) is 0.432. The molecule has 0 aliphatic rings. The van der Waals surface area contributed by atoms with Crippen LogP contribution in [-0.4, -0.2) is 21.0 Å². The van der Waals surface area contributed by atoms with Crippen LogP contribution in [0.15, 0.2) is 48.1 Å². The van der Waals surface area contributed by atoms with Crippen LogP contribution in [0.25, 0.3) is 22.2 Å². The molecule has 1 unspecified atom stereocenters. The standard InChI is InChI=1S/C20H12F2N4O2S/c21-18-12(10-5-17(20(27)28)29-8-10)2-3-13(19(18)22)16(7-23)26-11-1-4-14-15(6-11)25-9-24-14/h1-6,8-9,16,26H,(H,24,25)(H,27,28). The van der Waals surface area contributed by atoms with Gasteiger partial charge in [0, 0.05) is 16.8 Å². The average molecular weight is 410 g/mol. The Kier molecular flexibility index (Phi) is 4.70. The van der Waals surface area contributed by atoms with E-state index in [1.165, 1.54) is 29.9 Å². The van der Waals surface area contributed by atoms with Crippen LogP contribution in [0.2, 0.25) is 0 Å². The largest absolute Gasteiger partial charge is 0.477 e. The van der Waals surface area contributed by atoms with Crippen LogP contribution in [0.1, 0.15) is 21.3 Å². The van der Waals surface area contributed by atoms with Gasteiger partial charge in [-0.3, -0.25) is 0 Å². The zero-order chi connectivity index (χ0) is 20.5. The molecule has 6 nitrogen and oxygen atoms in total. The Balaban J connectivity index is 1.66. The first-order valence-corrected chi connectivity index (χ1v) is 9.25. The number of anilines is 1. The number of rotatable bonds is 5. The van der Waals surface area contributed by atoms with Gasteiger partial charge in [-0.15, -0.1) is 11.3 Å². The molecule has 144 valence electrons. The monoisotopic (exact) mass is 410 g/mol. The fourth-order valence-corrected chi connectivity index (χ4v) is 3.71. The molecule has 0 saturated heterocycles. The van der Waals surface area contributed by atoms with Crippen LogP contribution in [0.5, 0.6) is 0 Å². The highest BCUT2D eigenvalue weighted by Gasteiger charge is 2.22. The number of nitrogens with one attached hydrogen (secondary N) is 2. The summed E-state index contributed by atoms with van der Waals surface area (Å²) in [6, 6.07) is 9.89. The summed E-state index contributed by atoms with van der Waals surface area (Å²) in [5.74, 6) is -3.44. The van der Waals surface area contributed by atoms with Crippen molar-refractivity contribution in [2.75, 3.05) is 5.32 Å². The lowest BCUT2D eigenvalue weighted by Gasteiger charge is -2.15. The second-order valence-corrected chi connectivity index (χ2v) is 7.09. The minimum atomic E-state index is -1.16. The van der Waals surface area contributed by atoms with E-state index in [0.29, 0.717) is 11.2 Å². The van der Waals surface area contributed by atoms with Crippen molar-refractivity contribution in [2.24, 2.45) is 0 Å². The number of carboxylic acids is 1. The molecule has 0 fully saturated rings. The number of thiophene rings is 1. The Morgan fingerprint density at radius 2 is 2.07 bits per heavy atom. The summed E-state index contributed by atoms with van der Waals surface area (Å²) >= 11 is 0.924. The van der Waals surface area contributed by atoms with Gasteiger partial charge in [-0.1, -0.05) is 12.1 Å². The number of nitriles is 1. The highest BCUT2D eigenvalue weighted by Crippen LogP contribution is 2.32. The predicted octanol–water partition coefficient (Wildman–Crippen LogP) is 4.94. The molecule has 0 amide bonds. The van der Waals surface area contributed by atoms with Crippen molar-refractivity contribution >= 4 is 34.0 Å². The van der Waals surface area contributed by atoms with E-state index in [1.807, 2.05) is 6.07 Å². The number of imidazole rings is 1. The number of nitrogens with zero attached hydrogens (tertiary/aromatic N) is 2. The summed E-state index contributed by atoms with van der Waals surface area (Å²) in [5.41, 5.74) is 2.06. The molecule has 4 rings (SSSR count). The van der Waals surface area contributed by atoms with E-state index in [2.05, 4.69) is 15.3 Å². The molecule has 0 radical (unpaired) electrons. The maximum Gasteiger partial charge on any atom is 0.345 e. The highest BCUT2D eigenvalue weighted by molar-refractivity contribution is 7.12. The van der Waals surface area contributed by atoms with Crippen molar-refractivity contribution in [3.63, 3.8) is 0 Å². The number of carboxylic acid groups (broad SMARTS) is 1. The predicted molar refractivity (Wildman–Crippen MR) is 105 cm³/mol. The Morgan fingerprint density at radius 1 is 1.24 bits per heavy atom. The minimum absolute atomic E-state index is 0.0224. The van der Waals surface area contributed by atoms with Crippen molar-refractivity contribution in [1.82, 2.24) is 9.97 Å². The third-order valence-electron chi connectivity index (χ3n) is 4.41. The molecule has 0 spiro atoms. The van der Waals surface area contributed by atoms with Gasteiger partial charge in [0.1, 0.15) is 10.9 Å². The molecular formula is C20H12F2N4O2S. The second-order valence-electron chi connectivity index (χ2n) is 6.18. The maximum absolute atomic E-state index is 14.8. The number of benzene rings is 2. The highest BCUT2D eigenvalue weighted by atomic mass is 32.1. The van der Waals surface area contributed by atoms with Gasteiger partial charge in [0.25, 0.3) is 0 Å². The van der Waals surface area contributed by atoms with Crippen LogP contribution in [0.4, 0.5) is 14.5 Å². The van der Waals surface area contributed by atoms with Crippen LogP contribution < -0.4 is 5.32 Å². The molecule has 2 aromatic carbocycles. The molecule has 29 heavy (non-hydrogen) atoms. The first-order chi connectivity index (χ1) is 14.0. The summed E-state index contributed by atoms with van der Waals surface area (Å²) in [6.45, 7) is 0. The zero-order valence-corrected chi connectivity index (χ0v) is 15.4. The van der Waals surface area contributed by atoms with Crippen molar-refractivity contribution < 1.29 is 18.7 Å². The summed E-state index contributed by atoms with van der Waals surface area (Å²) in [4.78, 5) is 18.1. The average Bonchev–Trinajstić information content (AvgIpc) is 3.37. The summed E-state index contributed by atoms with van der Waals surface area (Å²) in [7, 11) is 0. The lowest BCUT2D eigenvalue weighted by atomic mass is 10.0. The van der Waals surface area contributed by atoms with Crippen LogP contribution in [0.3, 0.4) is 0 Å². The zero-order valence-electron chi connectivity index (χ0n) is 14.6. The molecule has 0 saturated carbocycles. The van der Waals surface area contributed by atoms with E-state index in [1.54, 1.807) is 18.2 Å². The van der Waals surface area contributed by atoms with E-state index in [-0.39, 0.29) is 21.6 Å². The minimum Gasteiger partial charge on any atom is -0.477 e. The van der Waals surface area contributed by atoms with Crippen molar-refractivity contribution in [2.45, 2.75) is 6.04 Å². The Morgan fingerprint density at radius 3 is 2.79 bits per heavy atom. The molecule has 4 aromatic rings. The maximum atomic E-state index is 14.8. The van der Waals surface area contributed by atoms with Crippen LogP contribution >= 0.6 is 11.3 Å². The molecule has 0 aliphatic heterocycles. The first-order valence-electron chi connectivity index (χ1n) is 8.37. The molecule has 0 aliphatic carbocycles. The van der Waals surface area contributed by atoms with Gasteiger partial charge in [0.15, 0.2) is 11.6 Å². The Labute approximate surface area is 167 Å². The number of aromatic amines is 1. The van der Waals surface area contributed by atoms with Gasteiger partial charge in [-0.2, -0.15) is 5.26 Å². The van der Waals surface area contributed by atoms with Gasteiger partial charge < -0.3 is 15.4 Å². The van der Waals surface area contributed by atoms with E-state index in [0.717, 1.165) is 16.9 Å². The normalized spacial score (nSPS) is 11.9. The SMILES string of the molecule is N#CC(Nc1ccc2[nH]cnc2c1)c1ccc(-c2csc(C(=O)O)c2)c(F)c1F. The lowest BCUT2D eigenvalue weighted by molar-refractivity contribution is 0.0702. The van der Waals surface area contributed by atoms with E-state index >= 15 is 0 Å². The number of carbonyl (C=O) groups is 1. The second kappa shape index (κ2) is 7.33. The van der Waals surface area contributed by atoms with Crippen LogP contribution in [0, 0.1) is 23.0 Å². The molecule has 1 atom stereocenters.